The van der Waals surface area contributed by atoms with Crippen LogP contribution in [0.5, 0.6) is 0 Å². The van der Waals surface area contributed by atoms with Crippen molar-refractivity contribution in [1.82, 2.24) is 9.55 Å². The van der Waals surface area contributed by atoms with Crippen LogP contribution in [0.1, 0.15) is 0 Å². The van der Waals surface area contributed by atoms with E-state index in [1.54, 1.807) is 12.1 Å². The third-order valence-electron chi connectivity index (χ3n) is 2.47. The van der Waals surface area contributed by atoms with Gasteiger partial charge in [0.2, 0.25) is 5.82 Å². The predicted molar refractivity (Wildman–Crippen MR) is 66.2 cm³/mol. The number of nitrogens with one attached hydrogen (secondary N) is 2. The molecule has 19 heavy (non-hydrogen) atoms. The van der Waals surface area contributed by atoms with Gasteiger partial charge in [-0.25, -0.2) is 9.18 Å². The Hall–Kier alpha value is -2.44. The second-order valence-corrected chi connectivity index (χ2v) is 3.87. The Bertz CT molecular complexity index is 694. The van der Waals surface area contributed by atoms with Crippen LogP contribution >= 0.6 is 0 Å². The van der Waals surface area contributed by atoms with Crippen molar-refractivity contribution in [2.24, 2.45) is 0 Å². The molecule has 1 aromatic heterocycles. The highest BCUT2D eigenvalue weighted by atomic mass is 19.1. The fraction of sp³-hybridized carbons (Fsp3) is 0.167. The Morgan fingerprint density at radius 1 is 1.26 bits per heavy atom. The maximum absolute atomic E-state index is 13.0. The first-order valence-corrected chi connectivity index (χ1v) is 5.55. The summed E-state index contributed by atoms with van der Waals surface area (Å²) >= 11 is 0. The zero-order valence-electron chi connectivity index (χ0n) is 9.82. The highest BCUT2D eigenvalue weighted by Crippen LogP contribution is 2.08. The summed E-state index contributed by atoms with van der Waals surface area (Å²) in [4.78, 5) is 24.0. The van der Waals surface area contributed by atoms with Crippen molar-refractivity contribution in [3.8, 4) is 0 Å². The molecule has 0 saturated heterocycles. The van der Waals surface area contributed by atoms with Gasteiger partial charge in [0, 0.05) is 18.8 Å². The maximum atomic E-state index is 13.0. The van der Waals surface area contributed by atoms with Gasteiger partial charge in [0.1, 0.15) is 5.82 Å². The van der Waals surface area contributed by atoms with E-state index >= 15 is 0 Å². The molecule has 0 amide bonds. The standard InChI is InChI=1S/C12H11F2N3O2/c13-8-2-1-3-9(6-8)15-4-5-17-7-10(14)11(18)16-12(17)19/h1-3,6-7,15H,4-5H2,(H,16,18,19). The third kappa shape index (κ3) is 3.27. The fourth-order valence-corrected chi connectivity index (χ4v) is 1.57. The Kier molecular flexibility index (Phi) is 3.74. The number of nitrogens with zero attached hydrogens (tertiary/aromatic N) is 1. The molecule has 1 heterocycles. The van der Waals surface area contributed by atoms with Crippen LogP contribution in [-0.2, 0) is 6.54 Å². The Morgan fingerprint density at radius 3 is 2.79 bits per heavy atom. The van der Waals surface area contributed by atoms with E-state index in [1.165, 1.54) is 12.1 Å². The van der Waals surface area contributed by atoms with Crippen LogP contribution in [0.3, 0.4) is 0 Å². The Morgan fingerprint density at radius 2 is 2.05 bits per heavy atom. The highest BCUT2D eigenvalue weighted by Gasteiger charge is 2.03. The monoisotopic (exact) mass is 267 g/mol. The summed E-state index contributed by atoms with van der Waals surface area (Å²) in [6.07, 6.45) is 0.842. The molecule has 2 rings (SSSR count). The SMILES string of the molecule is O=c1[nH]c(=O)n(CCNc2cccc(F)c2)cc1F. The third-order valence-corrected chi connectivity index (χ3v) is 2.47. The lowest BCUT2D eigenvalue weighted by Crippen LogP contribution is -2.32. The van der Waals surface area contributed by atoms with Gasteiger partial charge in [0.25, 0.3) is 5.56 Å². The molecule has 0 aliphatic carbocycles. The van der Waals surface area contributed by atoms with E-state index in [2.05, 4.69) is 5.32 Å². The smallest absolute Gasteiger partial charge is 0.328 e. The molecule has 0 radical (unpaired) electrons. The first kappa shape index (κ1) is 13.0. The summed E-state index contributed by atoms with van der Waals surface area (Å²) in [6.45, 7) is 0.428. The fourth-order valence-electron chi connectivity index (χ4n) is 1.57. The van der Waals surface area contributed by atoms with Gasteiger partial charge in [-0.05, 0) is 18.2 Å². The van der Waals surface area contributed by atoms with Gasteiger partial charge < -0.3 is 5.32 Å². The molecule has 1 aromatic carbocycles. The van der Waals surface area contributed by atoms with E-state index in [0.29, 0.717) is 5.69 Å². The number of aromatic nitrogens is 2. The van der Waals surface area contributed by atoms with E-state index in [1.807, 2.05) is 4.98 Å². The van der Waals surface area contributed by atoms with Crippen LogP contribution in [0.2, 0.25) is 0 Å². The minimum absolute atomic E-state index is 0.142. The zero-order chi connectivity index (χ0) is 13.8. The van der Waals surface area contributed by atoms with Crippen LogP contribution in [-0.4, -0.2) is 16.1 Å². The summed E-state index contributed by atoms with van der Waals surface area (Å²) in [5, 5.41) is 2.88. The van der Waals surface area contributed by atoms with Crippen molar-refractivity contribution in [3.63, 3.8) is 0 Å². The second-order valence-electron chi connectivity index (χ2n) is 3.87. The Labute approximate surface area is 106 Å². The largest absolute Gasteiger partial charge is 0.383 e. The molecule has 2 N–H and O–H groups in total. The summed E-state index contributed by atoms with van der Waals surface area (Å²) in [7, 11) is 0. The Balaban J connectivity index is 2.02. The highest BCUT2D eigenvalue weighted by molar-refractivity contribution is 5.42. The second kappa shape index (κ2) is 5.47. The lowest BCUT2D eigenvalue weighted by Gasteiger charge is -2.08. The van der Waals surface area contributed by atoms with Gasteiger partial charge in [-0.1, -0.05) is 6.07 Å². The van der Waals surface area contributed by atoms with Crippen molar-refractivity contribution in [1.29, 1.82) is 0 Å². The summed E-state index contributed by atoms with van der Waals surface area (Å²) in [5.74, 6) is -1.40. The van der Waals surface area contributed by atoms with E-state index < -0.39 is 17.1 Å². The normalized spacial score (nSPS) is 10.4. The topological polar surface area (TPSA) is 66.9 Å². The number of hydrogen-bond acceptors (Lipinski definition) is 3. The molecular weight excluding hydrogens is 256 g/mol. The molecule has 0 bridgehead atoms. The molecule has 0 aliphatic rings. The van der Waals surface area contributed by atoms with Crippen LogP contribution in [0.4, 0.5) is 14.5 Å². The molecule has 0 spiro atoms. The first-order valence-electron chi connectivity index (χ1n) is 5.55. The molecule has 0 fully saturated rings. The maximum Gasteiger partial charge on any atom is 0.328 e. The molecule has 5 nitrogen and oxygen atoms in total. The van der Waals surface area contributed by atoms with E-state index in [-0.39, 0.29) is 18.9 Å². The average molecular weight is 267 g/mol. The van der Waals surface area contributed by atoms with Gasteiger partial charge in [-0.3, -0.25) is 14.3 Å². The lowest BCUT2D eigenvalue weighted by atomic mass is 10.3. The van der Waals surface area contributed by atoms with Gasteiger partial charge in [0.05, 0.1) is 6.20 Å². The number of anilines is 1. The summed E-state index contributed by atoms with van der Waals surface area (Å²) in [6, 6.07) is 5.83. The number of H-pyrrole nitrogens is 1. The van der Waals surface area contributed by atoms with E-state index in [0.717, 1.165) is 10.8 Å². The summed E-state index contributed by atoms with van der Waals surface area (Å²) < 4.78 is 26.9. The van der Waals surface area contributed by atoms with E-state index in [4.69, 9.17) is 0 Å². The van der Waals surface area contributed by atoms with Crippen LogP contribution in [0.15, 0.2) is 40.1 Å². The van der Waals surface area contributed by atoms with Crippen LogP contribution in [0, 0.1) is 11.6 Å². The molecule has 0 saturated carbocycles. The first-order chi connectivity index (χ1) is 9.06. The average Bonchev–Trinajstić information content (AvgIpc) is 2.35. The van der Waals surface area contributed by atoms with Crippen molar-refractivity contribution in [2.45, 2.75) is 6.54 Å². The van der Waals surface area contributed by atoms with E-state index in [9.17, 15) is 18.4 Å². The minimum Gasteiger partial charge on any atom is -0.383 e. The number of aromatic amines is 1. The molecule has 100 valence electrons. The molecule has 2 aromatic rings. The minimum atomic E-state index is -1.04. The molecule has 0 aliphatic heterocycles. The predicted octanol–water partition coefficient (Wildman–Crippen LogP) is 0.927. The number of hydrogen-bond donors (Lipinski definition) is 2. The van der Waals surface area contributed by atoms with Crippen molar-refractivity contribution in [2.75, 3.05) is 11.9 Å². The lowest BCUT2D eigenvalue weighted by molar-refractivity contribution is 0.556. The van der Waals surface area contributed by atoms with Crippen LogP contribution < -0.4 is 16.6 Å². The molecule has 7 heteroatoms. The molecule has 0 unspecified atom stereocenters. The van der Waals surface area contributed by atoms with Crippen LogP contribution in [0.25, 0.3) is 0 Å². The van der Waals surface area contributed by atoms with Gasteiger partial charge in [0.15, 0.2) is 0 Å². The number of rotatable bonds is 4. The van der Waals surface area contributed by atoms with Crippen molar-refractivity contribution in [3.05, 3.63) is 62.9 Å². The molecule has 0 atom stereocenters. The van der Waals surface area contributed by atoms with Crippen molar-refractivity contribution < 1.29 is 8.78 Å². The summed E-state index contributed by atoms with van der Waals surface area (Å²) in [5.41, 5.74) is -1.18. The number of halogens is 2. The van der Waals surface area contributed by atoms with Crippen molar-refractivity contribution >= 4 is 5.69 Å². The molecular formula is C12H11F2N3O2. The van der Waals surface area contributed by atoms with Gasteiger partial charge >= 0.3 is 5.69 Å². The van der Waals surface area contributed by atoms with Gasteiger partial charge in [-0.15, -0.1) is 0 Å². The number of benzene rings is 1. The van der Waals surface area contributed by atoms with Gasteiger partial charge in [-0.2, -0.15) is 4.39 Å². The quantitative estimate of drug-likeness (QED) is 0.866. The zero-order valence-corrected chi connectivity index (χ0v) is 9.82.